The standard InChI is InChI=1S/C45H41N11S/c1-6-28-53(42-32(5)46-36-18-12-13-19-37(36)47-42)31(4)22-23-33-24-25-34(41(33)57-45-50-51-52-56(45)35-16-10-9-11-17-35)26-27-40-54(29-7-2)43-44(55(40)30-8-3)49-39-21-15-14-20-38(39)48-43/h6-23,26-27H,1-4,24-25,28-30H2,5H3. The Hall–Kier alpha value is -6.92. The Kier molecular flexibility index (Phi) is 10.7. The molecule has 0 saturated heterocycles. The lowest BCUT2D eigenvalue weighted by atomic mass is 10.2. The van der Waals surface area contributed by atoms with Crippen LogP contribution in [0.4, 0.5) is 17.5 Å². The van der Waals surface area contributed by atoms with E-state index in [2.05, 4.69) is 69.9 Å². The van der Waals surface area contributed by atoms with E-state index in [0.717, 1.165) is 91.3 Å². The van der Waals surface area contributed by atoms with Gasteiger partial charge in [-0.2, -0.15) is 4.68 Å². The van der Waals surface area contributed by atoms with Crippen molar-refractivity contribution in [2.24, 2.45) is 0 Å². The molecule has 0 fully saturated rings. The quantitative estimate of drug-likeness (QED) is 0.0783. The second kappa shape index (κ2) is 16.4. The second-order valence-corrected chi connectivity index (χ2v) is 14.4. The topological polar surface area (TPSA) is 105 Å². The first-order chi connectivity index (χ1) is 28.0. The molecule has 0 N–H and O–H groups in total. The van der Waals surface area contributed by atoms with Gasteiger partial charge in [0.2, 0.25) is 5.16 Å². The molecule has 57 heavy (non-hydrogen) atoms. The Morgan fingerprint density at radius 1 is 0.754 bits per heavy atom. The number of allylic oxidation sites excluding steroid dienone is 6. The molecular formula is C45H41N11S. The van der Waals surface area contributed by atoms with Crippen LogP contribution in [0.2, 0.25) is 0 Å². The molecule has 6 aromatic rings. The number of hydrogen-bond acceptors (Lipinski definition) is 11. The highest BCUT2D eigenvalue weighted by Crippen LogP contribution is 2.44. The molecule has 0 bridgehead atoms. The van der Waals surface area contributed by atoms with Crippen LogP contribution in [0.5, 0.6) is 0 Å². The van der Waals surface area contributed by atoms with Gasteiger partial charge in [0.15, 0.2) is 17.5 Å². The van der Waals surface area contributed by atoms with E-state index < -0.39 is 0 Å². The lowest BCUT2D eigenvalue weighted by Crippen LogP contribution is -2.28. The average molecular weight is 768 g/mol. The molecule has 2 aliphatic rings. The molecule has 0 amide bonds. The third-order valence-electron chi connectivity index (χ3n) is 9.65. The van der Waals surface area contributed by atoms with Crippen LogP contribution in [0, 0.1) is 6.92 Å². The number of thioether (sulfide) groups is 1. The van der Waals surface area contributed by atoms with E-state index in [4.69, 9.17) is 19.9 Å². The van der Waals surface area contributed by atoms with Crippen molar-refractivity contribution in [1.82, 2.24) is 40.1 Å². The van der Waals surface area contributed by atoms with E-state index in [1.165, 1.54) is 0 Å². The van der Waals surface area contributed by atoms with Gasteiger partial charge in [-0.25, -0.2) is 19.9 Å². The summed E-state index contributed by atoms with van der Waals surface area (Å²) in [6.07, 6.45) is 15.8. The van der Waals surface area contributed by atoms with E-state index >= 15 is 0 Å². The Labute approximate surface area is 336 Å². The second-order valence-electron chi connectivity index (χ2n) is 13.4. The highest BCUT2D eigenvalue weighted by Gasteiger charge is 2.33. The van der Waals surface area contributed by atoms with Gasteiger partial charge in [-0.15, -0.1) is 24.8 Å². The molecule has 4 heterocycles. The number of nitrogens with zero attached hydrogens (tertiary/aromatic N) is 11. The van der Waals surface area contributed by atoms with Crippen molar-refractivity contribution in [2.75, 3.05) is 34.3 Å². The number of aryl methyl sites for hydroxylation is 1. The van der Waals surface area contributed by atoms with Crippen LogP contribution < -0.4 is 14.7 Å². The van der Waals surface area contributed by atoms with Crippen molar-refractivity contribution in [3.8, 4) is 5.69 Å². The summed E-state index contributed by atoms with van der Waals surface area (Å²) in [7, 11) is 0. The van der Waals surface area contributed by atoms with E-state index in [1.54, 1.807) is 16.4 Å². The minimum absolute atomic E-state index is 0.520. The normalized spacial score (nSPS) is 14.6. The van der Waals surface area contributed by atoms with Gasteiger partial charge in [0, 0.05) is 30.2 Å². The zero-order chi connectivity index (χ0) is 39.3. The molecule has 8 rings (SSSR count). The predicted octanol–water partition coefficient (Wildman–Crippen LogP) is 9.23. The van der Waals surface area contributed by atoms with E-state index in [1.807, 2.05) is 115 Å². The van der Waals surface area contributed by atoms with Crippen LogP contribution in [0.3, 0.4) is 0 Å². The molecule has 1 aliphatic carbocycles. The highest BCUT2D eigenvalue weighted by molar-refractivity contribution is 8.03. The maximum atomic E-state index is 5.05. The first-order valence-electron chi connectivity index (χ1n) is 18.7. The van der Waals surface area contributed by atoms with Gasteiger partial charge in [0.05, 0.1) is 33.4 Å². The molecule has 0 spiro atoms. The van der Waals surface area contributed by atoms with Crippen LogP contribution in [0.1, 0.15) is 18.5 Å². The number of rotatable bonds is 14. The van der Waals surface area contributed by atoms with Crippen molar-refractivity contribution < 1.29 is 0 Å². The smallest absolute Gasteiger partial charge is 0.218 e. The summed E-state index contributed by atoms with van der Waals surface area (Å²) >= 11 is 1.55. The van der Waals surface area contributed by atoms with Crippen molar-refractivity contribution in [3.63, 3.8) is 0 Å². The maximum absolute atomic E-state index is 5.05. The fourth-order valence-corrected chi connectivity index (χ4v) is 8.08. The Morgan fingerprint density at radius 3 is 2.00 bits per heavy atom. The monoisotopic (exact) mass is 767 g/mol. The summed E-state index contributed by atoms with van der Waals surface area (Å²) < 4.78 is 1.77. The number of hydrogen-bond donors (Lipinski definition) is 0. The molecule has 11 nitrogen and oxygen atoms in total. The predicted molar refractivity (Wildman–Crippen MR) is 232 cm³/mol. The van der Waals surface area contributed by atoms with Gasteiger partial charge in [-0.1, -0.05) is 79.4 Å². The Balaban J connectivity index is 1.19. The molecule has 0 unspecified atom stereocenters. The number of fused-ring (bicyclic) bond motifs is 3. The largest absolute Gasteiger partial charge is 0.322 e. The van der Waals surface area contributed by atoms with Crippen LogP contribution in [-0.2, 0) is 0 Å². The van der Waals surface area contributed by atoms with Gasteiger partial charge in [0.1, 0.15) is 5.82 Å². The maximum Gasteiger partial charge on any atom is 0.218 e. The lowest BCUT2D eigenvalue weighted by Gasteiger charge is -2.24. The summed E-state index contributed by atoms with van der Waals surface area (Å²) in [6, 6.07) is 25.7. The van der Waals surface area contributed by atoms with Gasteiger partial charge >= 0.3 is 0 Å². The number of tetrazole rings is 1. The Bertz CT molecular complexity index is 2600. The minimum atomic E-state index is 0.520. The molecule has 3 aromatic carbocycles. The molecule has 282 valence electrons. The minimum Gasteiger partial charge on any atom is -0.322 e. The summed E-state index contributed by atoms with van der Waals surface area (Å²) in [5.41, 5.74) is 8.11. The molecule has 0 radical (unpaired) electrons. The number of aromatic nitrogens is 8. The molecular weight excluding hydrogens is 727 g/mol. The molecule has 0 saturated carbocycles. The third kappa shape index (κ3) is 7.42. The first-order valence-corrected chi connectivity index (χ1v) is 19.5. The van der Waals surface area contributed by atoms with E-state index in [9.17, 15) is 0 Å². The highest BCUT2D eigenvalue weighted by atomic mass is 32.2. The summed E-state index contributed by atoms with van der Waals surface area (Å²) in [5.74, 6) is 3.26. The SMILES string of the molecule is C=CCN(C(=C)C=CC1=C(Sc2nnnn2-c2ccccc2)C(=CC=C2N(CC=C)c3nc4ccccc4nc3N2CC=C)CC1)c1nc2ccccc2nc1C. The molecule has 0 atom stereocenters. The summed E-state index contributed by atoms with van der Waals surface area (Å²) in [4.78, 5) is 27.3. The van der Waals surface area contributed by atoms with Crippen LogP contribution in [0.25, 0.3) is 27.8 Å². The van der Waals surface area contributed by atoms with Gasteiger partial charge in [-0.3, -0.25) is 0 Å². The Morgan fingerprint density at radius 2 is 1.37 bits per heavy atom. The van der Waals surface area contributed by atoms with Gasteiger partial charge in [-0.05, 0) is 102 Å². The number of benzene rings is 3. The zero-order valence-electron chi connectivity index (χ0n) is 31.7. The molecule has 1 aliphatic heterocycles. The van der Waals surface area contributed by atoms with Crippen molar-refractivity contribution in [1.29, 1.82) is 0 Å². The third-order valence-corrected chi connectivity index (χ3v) is 10.8. The van der Waals surface area contributed by atoms with Crippen molar-refractivity contribution >= 4 is 51.3 Å². The average Bonchev–Trinajstić information content (AvgIpc) is 3.94. The molecule has 3 aromatic heterocycles. The van der Waals surface area contributed by atoms with Crippen molar-refractivity contribution in [3.05, 3.63) is 181 Å². The molecule has 12 heteroatoms. The first kappa shape index (κ1) is 37.0. The number of para-hydroxylation sites is 5. The van der Waals surface area contributed by atoms with E-state index in [0.29, 0.717) is 24.8 Å². The lowest BCUT2D eigenvalue weighted by molar-refractivity contribution is 0.757. The summed E-state index contributed by atoms with van der Waals surface area (Å²) in [5, 5.41) is 13.5. The van der Waals surface area contributed by atoms with E-state index in [-0.39, 0.29) is 0 Å². The number of anilines is 3. The van der Waals surface area contributed by atoms with Gasteiger partial charge in [0.25, 0.3) is 0 Å². The van der Waals surface area contributed by atoms with Crippen LogP contribution >= 0.6 is 11.8 Å². The van der Waals surface area contributed by atoms with Crippen LogP contribution in [0.15, 0.2) is 180 Å². The van der Waals surface area contributed by atoms with Crippen molar-refractivity contribution in [2.45, 2.75) is 24.9 Å². The fourth-order valence-electron chi connectivity index (χ4n) is 6.99. The zero-order valence-corrected chi connectivity index (χ0v) is 32.6. The van der Waals surface area contributed by atoms with Crippen LogP contribution in [-0.4, -0.2) is 59.8 Å². The fraction of sp³-hybridized carbons (Fsp3) is 0.133. The van der Waals surface area contributed by atoms with Gasteiger partial charge < -0.3 is 14.7 Å². The summed E-state index contributed by atoms with van der Waals surface area (Å²) in [6.45, 7) is 20.2.